The maximum atomic E-state index is 12.2. The summed E-state index contributed by atoms with van der Waals surface area (Å²) in [6.07, 6.45) is 1.93. The molecule has 0 fully saturated rings. The van der Waals surface area contributed by atoms with E-state index in [0.717, 1.165) is 12.1 Å². The van der Waals surface area contributed by atoms with Crippen LogP contribution in [-0.4, -0.2) is 54.2 Å². The number of benzene rings is 1. The van der Waals surface area contributed by atoms with Crippen LogP contribution in [0.2, 0.25) is 0 Å². The number of nitrogens with zero attached hydrogens (tertiary/aromatic N) is 1. The Kier molecular flexibility index (Phi) is 7.05. The molecule has 2 atom stereocenters. The zero-order valence-electron chi connectivity index (χ0n) is 12.6. The smallest absolute Gasteiger partial charge is 0.251 e. The quantitative estimate of drug-likeness (QED) is 0.802. The molecule has 1 rings (SSSR count). The highest BCUT2D eigenvalue weighted by Gasteiger charge is 2.18. The number of hydrogen-bond donors (Lipinski definition) is 2. The molecule has 1 aromatic carbocycles. The maximum Gasteiger partial charge on any atom is 0.251 e. The van der Waals surface area contributed by atoms with E-state index in [0.29, 0.717) is 5.56 Å². The Labute approximate surface area is 125 Å². The lowest BCUT2D eigenvalue weighted by Gasteiger charge is -2.21. The number of aliphatic hydroxyl groups excluding tert-OH is 1. The zero-order valence-corrected chi connectivity index (χ0v) is 13.4. The van der Waals surface area contributed by atoms with Crippen molar-refractivity contribution in [1.29, 1.82) is 0 Å². The Bertz CT molecular complexity index is 434. The summed E-state index contributed by atoms with van der Waals surface area (Å²) in [6.45, 7) is 2.78. The highest BCUT2D eigenvalue weighted by atomic mass is 32.2. The molecule has 0 saturated carbocycles. The first-order valence-corrected chi connectivity index (χ1v) is 7.95. The second-order valence-electron chi connectivity index (χ2n) is 5.16. The van der Waals surface area contributed by atoms with Crippen LogP contribution in [0.5, 0.6) is 0 Å². The van der Waals surface area contributed by atoms with E-state index in [2.05, 4.69) is 10.2 Å². The highest BCUT2D eigenvalue weighted by Crippen LogP contribution is 2.12. The predicted molar refractivity (Wildman–Crippen MR) is 85.2 cm³/mol. The molecule has 0 heterocycles. The number of nitrogens with one attached hydrogen (secondary N) is 1. The van der Waals surface area contributed by atoms with Crippen molar-refractivity contribution in [1.82, 2.24) is 10.2 Å². The van der Waals surface area contributed by atoms with Crippen LogP contribution >= 0.6 is 11.8 Å². The van der Waals surface area contributed by atoms with Gasteiger partial charge in [0.05, 0.1) is 6.61 Å². The fourth-order valence-corrected chi connectivity index (χ4v) is 2.62. The molecule has 1 amide bonds. The topological polar surface area (TPSA) is 52.6 Å². The molecular formula is C15H24N2O2S. The first-order chi connectivity index (χ1) is 9.47. The van der Waals surface area contributed by atoms with Crippen LogP contribution < -0.4 is 5.32 Å². The molecule has 5 heteroatoms. The van der Waals surface area contributed by atoms with Crippen molar-refractivity contribution in [3.63, 3.8) is 0 Å². The lowest BCUT2D eigenvalue weighted by Crippen LogP contribution is -2.41. The molecule has 0 aliphatic carbocycles. The zero-order chi connectivity index (χ0) is 15.1. The first kappa shape index (κ1) is 17.0. The summed E-state index contributed by atoms with van der Waals surface area (Å²) in [7, 11) is 4.00. The van der Waals surface area contributed by atoms with Crippen LogP contribution in [0.15, 0.2) is 24.3 Å². The highest BCUT2D eigenvalue weighted by molar-refractivity contribution is 7.99. The van der Waals surface area contributed by atoms with Gasteiger partial charge >= 0.3 is 0 Å². The van der Waals surface area contributed by atoms with Crippen molar-refractivity contribution >= 4 is 17.7 Å². The Morgan fingerprint density at radius 2 is 2.15 bits per heavy atom. The second-order valence-corrected chi connectivity index (χ2v) is 6.23. The molecule has 20 heavy (non-hydrogen) atoms. The van der Waals surface area contributed by atoms with E-state index < -0.39 is 0 Å². The molecule has 0 radical (unpaired) electrons. The summed E-state index contributed by atoms with van der Waals surface area (Å²) >= 11 is 1.56. The van der Waals surface area contributed by atoms with E-state index in [1.807, 2.05) is 51.5 Å². The molecule has 0 bridgehead atoms. The van der Waals surface area contributed by atoms with Crippen molar-refractivity contribution in [2.45, 2.75) is 24.8 Å². The molecule has 112 valence electrons. The Morgan fingerprint density at radius 1 is 1.45 bits per heavy atom. The van der Waals surface area contributed by atoms with Crippen LogP contribution in [0.1, 0.15) is 22.8 Å². The van der Waals surface area contributed by atoms with Crippen molar-refractivity contribution < 1.29 is 9.90 Å². The maximum absolute atomic E-state index is 12.2. The van der Waals surface area contributed by atoms with Crippen molar-refractivity contribution in [3.05, 3.63) is 35.4 Å². The van der Waals surface area contributed by atoms with Crippen molar-refractivity contribution in [2.24, 2.45) is 0 Å². The Morgan fingerprint density at radius 3 is 2.70 bits per heavy atom. The fraction of sp³-hybridized carbons (Fsp3) is 0.533. The van der Waals surface area contributed by atoms with Gasteiger partial charge in [-0.2, -0.15) is 11.8 Å². The largest absolute Gasteiger partial charge is 0.395 e. The van der Waals surface area contributed by atoms with Gasteiger partial charge in [-0.05, 0) is 45.0 Å². The van der Waals surface area contributed by atoms with Crippen molar-refractivity contribution in [2.75, 3.05) is 27.0 Å². The van der Waals surface area contributed by atoms with Gasteiger partial charge in [0.2, 0.25) is 0 Å². The van der Waals surface area contributed by atoms with Gasteiger partial charge in [-0.15, -0.1) is 0 Å². The summed E-state index contributed by atoms with van der Waals surface area (Å²) in [4.78, 5) is 14.3. The summed E-state index contributed by atoms with van der Waals surface area (Å²) in [5.41, 5.74) is 1.77. The van der Waals surface area contributed by atoms with Gasteiger partial charge in [0.25, 0.3) is 5.91 Å². The van der Waals surface area contributed by atoms with Gasteiger partial charge in [-0.25, -0.2) is 0 Å². The molecule has 0 spiro atoms. The number of aliphatic hydroxyl groups is 1. The van der Waals surface area contributed by atoms with Crippen LogP contribution in [-0.2, 0) is 6.54 Å². The molecular weight excluding hydrogens is 272 g/mol. The van der Waals surface area contributed by atoms with Gasteiger partial charge in [-0.1, -0.05) is 12.1 Å². The minimum atomic E-state index is -0.0920. The Hall–Kier alpha value is -1.04. The molecule has 2 unspecified atom stereocenters. The van der Waals surface area contributed by atoms with E-state index in [9.17, 15) is 9.90 Å². The third kappa shape index (κ3) is 5.15. The Balaban J connectivity index is 2.72. The van der Waals surface area contributed by atoms with Gasteiger partial charge in [-0.3, -0.25) is 4.79 Å². The van der Waals surface area contributed by atoms with E-state index in [1.54, 1.807) is 11.8 Å². The van der Waals surface area contributed by atoms with E-state index in [-0.39, 0.29) is 23.8 Å². The first-order valence-electron chi connectivity index (χ1n) is 6.66. The number of rotatable bonds is 7. The minimum Gasteiger partial charge on any atom is -0.395 e. The second kappa shape index (κ2) is 8.29. The third-order valence-corrected chi connectivity index (χ3v) is 4.25. The molecule has 2 N–H and O–H groups in total. The lowest BCUT2D eigenvalue weighted by atomic mass is 10.1. The molecule has 4 nitrogen and oxygen atoms in total. The fourth-order valence-electron chi connectivity index (χ4n) is 2.00. The van der Waals surface area contributed by atoms with Crippen LogP contribution in [0.3, 0.4) is 0 Å². The normalized spacial score (nSPS) is 14.1. The molecule has 0 aromatic heterocycles. The van der Waals surface area contributed by atoms with E-state index in [1.165, 1.54) is 0 Å². The predicted octanol–water partition coefficient (Wildman–Crippen LogP) is 1.59. The average Bonchev–Trinajstić information content (AvgIpc) is 2.39. The summed E-state index contributed by atoms with van der Waals surface area (Å²) < 4.78 is 0. The van der Waals surface area contributed by atoms with Gasteiger partial charge < -0.3 is 15.3 Å². The van der Waals surface area contributed by atoms with E-state index in [4.69, 9.17) is 0 Å². The van der Waals surface area contributed by atoms with Crippen LogP contribution in [0, 0.1) is 0 Å². The number of carbonyl (C=O) groups is 1. The van der Waals surface area contributed by atoms with Crippen molar-refractivity contribution in [3.8, 4) is 0 Å². The summed E-state index contributed by atoms with van der Waals surface area (Å²) in [5.74, 6) is -0.0920. The summed E-state index contributed by atoms with van der Waals surface area (Å²) in [6, 6.07) is 7.57. The number of hydrogen-bond acceptors (Lipinski definition) is 4. The van der Waals surface area contributed by atoms with Crippen LogP contribution in [0.4, 0.5) is 0 Å². The monoisotopic (exact) mass is 296 g/mol. The van der Waals surface area contributed by atoms with Gasteiger partial charge in [0, 0.05) is 23.4 Å². The number of amides is 1. The van der Waals surface area contributed by atoms with Crippen LogP contribution in [0.25, 0.3) is 0 Å². The number of thioether (sulfide) groups is 1. The molecule has 0 aliphatic heterocycles. The molecule has 1 aromatic rings. The minimum absolute atomic E-state index is 0.0175. The van der Waals surface area contributed by atoms with Gasteiger partial charge in [0.1, 0.15) is 0 Å². The van der Waals surface area contributed by atoms with E-state index >= 15 is 0 Å². The summed E-state index contributed by atoms with van der Waals surface area (Å²) in [5, 5.41) is 12.2. The SMILES string of the molecule is CSC(CO)C(C)NC(=O)c1cccc(CN(C)C)c1. The standard InChI is InChI=1S/C15H24N2O2S/c1-11(14(10-18)20-4)16-15(19)13-7-5-6-12(8-13)9-17(2)3/h5-8,11,14,18H,9-10H2,1-4H3,(H,16,19). The number of carbonyl (C=O) groups excluding carboxylic acids is 1. The molecule has 0 saturated heterocycles. The average molecular weight is 296 g/mol. The van der Waals surface area contributed by atoms with Gasteiger partial charge in [0.15, 0.2) is 0 Å². The molecule has 0 aliphatic rings. The third-order valence-electron chi connectivity index (χ3n) is 3.09. The lowest BCUT2D eigenvalue weighted by molar-refractivity contribution is 0.0935.